The van der Waals surface area contributed by atoms with Gasteiger partial charge in [-0.1, -0.05) is 0 Å². The van der Waals surface area contributed by atoms with Gasteiger partial charge in [-0.05, 0) is 19.1 Å². The Labute approximate surface area is 128 Å². The van der Waals surface area contributed by atoms with Crippen LogP contribution in [0.1, 0.15) is 23.2 Å². The fraction of sp³-hybridized carbons (Fsp3) is 0.538. The fourth-order valence-electron chi connectivity index (χ4n) is 1.99. The molecule has 8 heteroatoms. The Balaban J connectivity index is 0.00000220. The zero-order valence-electron chi connectivity index (χ0n) is 11.9. The van der Waals surface area contributed by atoms with Gasteiger partial charge in [0.15, 0.2) is 0 Å². The van der Waals surface area contributed by atoms with Gasteiger partial charge in [0.2, 0.25) is 11.7 Å². The zero-order valence-corrected chi connectivity index (χ0v) is 12.7. The van der Waals surface area contributed by atoms with Gasteiger partial charge in [0.05, 0.1) is 26.4 Å². The molecule has 2 heterocycles. The van der Waals surface area contributed by atoms with Crippen molar-refractivity contribution in [2.75, 3.05) is 20.3 Å². The van der Waals surface area contributed by atoms with E-state index < -0.39 is 5.97 Å². The second kappa shape index (κ2) is 8.02. The van der Waals surface area contributed by atoms with Crippen molar-refractivity contribution in [1.82, 2.24) is 10.6 Å². The van der Waals surface area contributed by atoms with Crippen molar-refractivity contribution in [2.45, 2.75) is 25.6 Å². The molecule has 2 atom stereocenters. The molecule has 1 aliphatic heterocycles. The number of morpholine rings is 1. The number of nitrogens with one attached hydrogen (secondary N) is 2. The van der Waals surface area contributed by atoms with Crippen molar-refractivity contribution in [3.63, 3.8) is 0 Å². The van der Waals surface area contributed by atoms with E-state index >= 15 is 0 Å². The number of carbonyl (C=O) groups is 2. The number of hydrogen-bond acceptors (Lipinski definition) is 6. The van der Waals surface area contributed by atoms with E-state index in [4.69, 9.17) is 9.15 Å². The van der Waals surface area contributed by atoms with E-state index in [1.807, 2.05) is 6.92 Å². The van der Waals surface area contributed by atoms with E-state index in [-0.39, 0.29) is 42.8 Å². The Morgan fingerprint density at radius 1 is 1.48 bits per heavy atom. The number of furan rings is 1. The van der Waals surface area contributed by atoms with E-state index in [1.165, 1.54) is 13.2 Å². The van der Waals surface area contributed by atoms with E-state index in [9.17, 15) is 9.59 Å². The first-order valence-electron chi connectivity index (χ1n) is 6.41. The molecule has 0 saturated carbocycles. The number of halogens is 1. The number of carbonyl (C=O) groups excluding carboxylic acids is 2. The molecule has 1 amide bonds. The summed E-state index contributed by atoms with van der Waals surface area (Å²) < 4.78 is 15.2. The maximum absolute atomic E-state index is 12.0. The Kier molecular flexibility index (Phi) is 6.67. The second-order valence-electron chi connectivity index (χ2n) is 4.48. The van der Waals surface area contributed by atoms with Crippen LogP contribution in [0.4, 0.5) is 0 Å². The van der Waals surface area contributed by atoms with Gasteiger partial charge in [0, 0.05) is 6.54 Å². The average molecular weight is 319 g/mol. The van der Waals surface area contributed by atoms with Gasteiger partial charge in [0.1, 0.15) is 11.8 Å². The lowest BCUT2D eigenvalue weighted by molar-refractivity contribution is -0.129. The van der Waals surface area contributed by atoms with E-state index in [0.29, 0.717) is 18.9 Å². The van der Waals surface area contributed by atoms with E-state index in [1.54, 1.807) is 6.07 Å². The van der Waals surface area contributed by atoms with Crippen molar-refractivity contribution in [1.29, 1.82) is 0 Å². The topological polar surface area (TPSA) is 89.8 Å². The summed E-state index contributed by atoms with van der Waals surface area (Å²) in [6.07, 6.45) is -0.175. The average Bonchev–Trinajstić information content (AvgIpc) is 2.93. The van der Waals surface area contributed by atoms with Crippen molar-refractivity contribution in [3.05, 3.63) is 23.7 Å². The Bertz CT molecular complexity index is 491. The Morgan fingerprint density at radius 2 is 2.24 bits per heavy atom. The molecule has 21 heavy (non-hydrogen) atoms. The van der Waals surface area contributed by atoms with Crippen LogP contribution in [0.5, 0.6) is 0 Å². The summed E-state index contributed by atoms with van der Waals surface area (Å²) in [6.45, 7) is 3.31. The summed E-state index contributed by atoms with van der Waals surface area (Å²) in [5, 5.41) is 5.84. The van der Waals surface area contributed by atoms with Gasteiger partial charge < -0.3 is 24.5 Å². The summed E-state index contributed by atoms with van der Waals surface area (Å²) in [5.41, 5.74) is 0. The highest BCUT2D eigenvalue weighted by Gasteiger charge is 2.28. The molecule has 0 spiro atoms. The minimum atomic E-state index is -0.543. The van der Waals surface area contributed by atoms with Crippen molar-refractivity contribution in [3.8, 4) is 0 Å². The molecular formula is C13H19ClN2O5. The van der Waals surface area contributed by atoms with E-state index in [2.05, 4.69) is 15.4 Å². The van der Waals surface area contributed by atoms with Crippen LogP contribution in [0, 0.1) is 0 Å². The fourth-order valence-corrected chi connectivity index (χ4v) is 1.99. The molecule has 0 radical (unpaired) electrons. The first-order chi connectivity index (χ1) is 9.61. The quantitative estimate of drug-likeness (QED) is 0.785. The summed E-state index contributed by atoms with van der Waals surface area (Å²) >= 11 is 0. The smallest absolute Gasteiger partial charge is 0.373 e. The van der Waals surface area contributed by atoms with Crippen LogP contribution in [0.15, 0.2) is 16.5 Å². The molecule has 2 N–H and O–H groups in total. The van der Waals surface area contributed by atoms with Crippen LogP contribution in [0.2, 0.25) is 0 Å². The predicted octanol–water partition coefficient (Wildman–Crippen LogP) is 0.481. The van der Waals surface area contributed by atoms with Crippen LogP contribution in [-0.4, -0.2) is 44.3 Å². The normalized spacial score (nSPS) is 21.2. The molecular weight excluding hydrogens is 300 g/mol. The van der Waals surface area contributed by atoms with Crippen LogP contribution < -0.4 is 10.6 Å². The molecule has 1 aliphatic rings. The van der Waals surface area contributed by atoms with Crippen molar-refractivity contribution >= 4 is 24.3 Å². The lowest BCUT2D eigenvalue weighted by Gasteiger charge is -2.29. The Hall–Kier alpha value is -1.57. The van der Waals surface area contributed by atoms with Gasteiger partial charge >= 0.3 is 5.97 Å². The lowest BCUT2D eigenvalue weighted by atomic mass is 10.1. The maximum atomic E-state index is 12.0. The molecule has 0 aliphatic carbocycles. The van der Waals surface area contributed by atoms with Gasteiger partial charge in [0.25, 0.3) is 0 Å². The van der Waals surface area contributed by atoms with E-state index in [0.717, 1.165) is 0 Å². The third-order valence-corrected chi connectivity index (χ3v) is 3.08. The number of hydrogen-bond donors (Lipinski definition) is 2. The summed E-state index contributed by atoms with van der Waals surface area (Å²) in [6, 6.07) is 2.76. The highest BCUT2D eigenvalue weighted by Crippen LogP contribution is 2.09. The van der Waals surface area contributed by atoms with Crippen LogP contribution in [0.25, 0.3) is 0 Å². The molecule has 1 aromatic heterocycles. The van der Waals surface area contributed by atoms with Crippen molar-refractivity contribution in [2.24, 2.45) is 0 Å². The number of rotatable bonds is 4. The van der Waals surface area contributed by atoms with Crippen LogP contribution >= 0.6 is 12.4 Å². The van der Waals surface area contributed by atoms with Gasteiger partial charge in [-0.3, -0.25) is 4.79 Å². The third-order valence-electron chi connectivity index (χ3n) is 3.08. The third kappa shape index (κ3) is 4.45. The molecule has 0 aromatic carbocycles. The number of esters is 1. The maximum Gasteiger partial charge on any atom is 0.373 e. The number of amides is 1. The molecule has 2 rings (SSSR count). The first-order valence-corrected chi connectivity index (χ1v) is 6.41. The minimum absolute atomic E-state index is 0. The molecule has 1 saturated heterocycles. The van der Waals surface area contributed by atoms with Gasteiger partial charge in [-0.15, -0.1) is 12.4 Å². The van der Waals surface area contributed by atoms with Crippen LogP contribution in [-0.2, 0) is 20.8 Å². The molecule has 118 valence electrons. The summed E-state index contributed by atoms with van der Waals surface area (Å²) in [7, 11) is 1.28. The molecule has 1 aromatic rings. The predicted molar refractivity (Wildman–Crippen MR) is 76.3 cm³/mol. The molecule has 0 bridgehead atoms. The summed E-state index contributed by atoms with van der Waals surface area (Å²) in [4.78, 5) is 23.2. The molecule has 0 unspecified atom stereocenters. The highest BCUT2D eigenvalue weighted by atomic mass is 35.5. The minimum Gasteiger partial charge on any atom is -0.463 e. The second-order valence-corrected chi connectivity index (χ2v) is 4.48. The first kappa shape index (κ1) is 17.5. The van der Waals surface area contributed by atoms with Crippen molar-refractivity contribution < 1.29 is 23.5 Å². The summed E-state index contributed by atoms with van der Waals surface area (Å²) in [5.74, 6) is -0.0980. The standard InChI is InChI=1S/C13H18N2O5.ClH/c1-8-11(14-5-6-19-8)12(16)15-7-9-3-4-10(20-9)13(17)18-2;/h3-4,8,11,14H,5-7H2,1-2H3,(H,15,16);1H/t8-,11+;/m1./s1. The monoisotopic (exact) mass is 318 g/mol. The molecule has 7 nitrogen and oxygen atoms in total. The number of ether oxygens (including phenoxy) is 2. The van der Waals surface area contributed by atoms with Gasteiger partial charge in [-0.25, -0.2) is 4.79 Å². The zero-order chi connectivity index (χ0) is 14.5. The number of methoxy groups -OCH3 is 1. The largest absolute Gasteiger partial charge is 0.463 e. The highest BCUT2D eigenvalue weighted by molar-refractivity contribution is 5.86. The van der Waals surface area contributed by atoms with Crippen LogP contribution in [0.3, 0.4) is 0 Å². The lowest BCUT2D eigenvalue weighted by Crippen LogP contribution is -2.55. The molecule has 1 fully saturated rings. The SMILES string of the molecule is COC(=O)c1ccc(CNC(=O)[C@H]2NCCO[C@@H]2C)o1.Cl. The van der Waals surface area contributed by atoms with Gasteiger partial charge in [-0.2, -0.15) is 0 Å². The Morgan fingerprint density at radius 3 is 2.90 bits per heavy atom.